The summed E-state index contributed by atoms with van der Waals surface area (Å²) < 4.78 is 2.30. The van der Waals surface area contributed by atoms with Crippen LogP contribution in [-0.2, 0) is 0 Å². The molecule has 8 nitrogen and oxygen atoms in total. The second-order valence-corrected chi connectivity index (χ2v) is 15.9. The van der Waals surface area contributed by atoms with Crippen LogP contribution in [0, 0.1) is 25.2 Å². The topological polar surface area (TPSA) is 106 Å². The summed E-state index contributed by atoms with van der Waals surface area (Å²) in [4.78, 5) is 29.9. The van der Waals surface area contributed by atoms with Gasteiger partial charge in [-0.15, -0.1) is 0 Å². The van der Waals surface area contributed by atoms with E-state index in [1.807, 2.05) is 105 Å². The number of fused-ring (bicyclic) bond motifs is 3. The standard InChI is InChI=1S/C57H38N8/c1-36-59-37(2)61-56(60-36)43-27-28-54-47(31-43)45-25-15-16-26-53(45)65(54)55-46(44-32-49(39-17-7-3-8-18-39)62-50(33-44)40-19-9-4-10-20-40)29-38(35-58)30-48(55)57-63-51(41-21-11-5-12-22-41)34-52(64-57)42-23-13-6-14-24-42/h3-34H,1-2H3. The van der Waals surface area contributed by atoms with E-state index >= 15 is 0 Å². The van der Waals surface area contributed by atoms with E-state index in [-0.39, 0.29) is 0 Å². The first-order valence-corrected chi connectivity index (χ1v) is 21.4. The first-order chi connectivity index (χ1) is 32.0. The summed E-state index contributed by atoms with van der Waals surface area (Å²) in [5, 5.41) is 13.0. The molecule has 0 unspecified atom stereocenters. The highest BCUT2D eigenvalue weighted by Crippen LogP contribution is 2.44. The van der Waals surface area contributed by atoms with Gasteiger partial charge in [0.25, 0.3) is 0 Å². The Labute approximate surface area is 375 Å². The van der Waals surface area contributed by atoms with Crippen LogP contribution in [0.4, 0.5) is 0 Å². The number of para-hydroxylation sites is 1. The third kappa shape index (κ3) is 7.37. The number of nitriles is 1. The van der Waals surface area contributed by atoms with Crippen molar-refractivity contribution in [2.24, 2.45) is 0 Å². The number of benzene rings is 7. The molecule has 0 N–H and O–H groups in total. The summed E-state index contributed by atoms with van der Waals surface area (Å²) >= 11 is 0. The monoisotopic (exact) mass is 834 g/mol. The van der Waals surface area contributed by atoms with Crippen LogP contribution >= 0.6 is 0 Å². The van der Waals surface area contributed by atoms with Gasteiger partial charge in [0.1, 0.15) is 11.6 Å². The smallest absolute Gasteiger partial charge is 0.163 e. The van der Waals surface area contributed by atoms with Gasteiger partial charge in [0, 0.05) is 49.7 Å². The third-order valence-electron chi connectivity index (χ3n) is 11.6. The Balaban J connectivity index is 1.28. The lowest BCUT2D eigenvalue weighted by molar-refractivity contribution is 0.929. The maximum Gasteiger partial charge on any atom is 0.163 e. The molecular weight excluding hydrogens is 797 g/mol. The fourth-order valence-electron chi connectivity index (χ4n) is 8.71. The van der Waals surface area contributed by atoms with Gasteiger partial charge in [-0.3, -0.25) is 0 Å². The molecule has 0 amide bonds. The lowest BCUT2D eigenvalue weighted by Gasteiger charge is -2.21. The molecule has 0 aliphatic carbocycles. The van der Waals surface area contributed by atoms with Gasteiger partial charge >= 0.3 is 0 Å². The van der Waals surface area contributed by atoms with Gasteiger partial charge < -0.3 is 4.57 Å². The molecule has 0 fully saturated rings. The SMILES string of the molecule is Cc1nc(C)nc(-c2ccc3c(c2)c2ccccc2n3-c2c(-c3cc(-c4ccccc4)nc(-c4ccccc4)c3)cc(C#N)cc2-c2nc(-c3ccccc3)cc(-c3ccccc3)n2)n1. The number of hydrogen-bond acceptors (Lipinski definition) is 7. The average Bonchev–Trinajstić information content (AvgIpc) is 3.69. The molecule has 7 aromatic carbocycles. The fraction of sp³-hybridized carbons (Fsp3) is 0.0351. The van der Waals surface area contributed by atoms with Crippen LogP contribution in [-0.4, -0.2) is 34.5 Å². The number of hydrogen-bond donors (Lipinski definition) is 0. The Morgan fingerprint density at radius 2 is 0.846 bits per heavy atom. The van der Waals surface area contributed by atoms with Gasteiger partial charge in [0.15, 0.2) is 11.6 Å². The lowest BCUT2D eigenvalue weighted by Crippen LogP contribution is -2.05. The highest BCUT2D eigenvalue weighted by molar-refractivity contribution is 6.11. The van der Waals surface area contributed by atoms with Crippen molar-refractivity contribution in [3.05, 3.63) is 211 Å². The maximum atomic E-state index is 10.9. The number of pyridine rings is 1. The van der Waals surface area contributed by atoms with Crippen molar-refractivity contribution < 1.29 is 0 Å². The number of aromatic nitrogens is 7. The molecule has 65 heavy (non-hydrogen) atoms. The minimum absolute atomic E-state index is 0.469. The Bertz CT molecular complexity index is 3330. The summed E-state index contributed by atoms with van der Waals surface area (Å²) in [5.74, 6) is 2.43. The molecule has 0 spiro atoms. The molecule has 0 aliphatic rings. The highest BCUT2D eigenvalue weighted by Gasteiger charge is 2.25. The van der Waals surface area contributed by atoms with Crippen LogP contribution in [0.15, 0.2) is 194 Å². The van der Waals surface area contributed by atoms with Crippen LogP contribution in [0.1, 0.15) is 17.2 Å². The molecule has 4 aromatic heterocycles. The minimum atomic E-state index is 0.469. The van der Waals surface area contributed by atoms with Crippen molar-refractivity contribution in [3.8, 4) is 90.7 Å². The molecule has 0 atom stereocenters. The zero-order valence-electron chi connectivity index (χ0n) is 35.6. The molecule has 0 saturated carbocycles. The van der Waals surface area contributed by atoms with E-state index in [1.165, 1.54) is 0 Å². The Morgan fingerprint density at radius 1 is 0.369 bits per heavy atom. The summed E-state index contributed by atoms with van der Waals surface area (Å²) in [6.07, 6.45) is 0. The van der Waals surface area contributed by atoms with Gasteiger partial charge in [-0.25, -0.2) is 29.9 Å². The van der Waals surface area contributed by atoms with Crippen LogP contribution in [0.25, 0.3) is 106 Å². The van der Waals surface area contributed by atoms with E-state index in [4.69, 9.17) is 24.9 Å². The van der Waals surface area contributed by atoms with E-state index in [1.54, 1.807) is 0 Å². The first-order valence-electron chi connectivity index (χ1n) is 21.4. The molecule has 4 heterocycles. The van der Waals surface area contributed by atoms with Gasteiger partial charge in [-0.05, 0) is 74.0 Å². The van der Waals surface area contributed by atoms with Gasteiger partial charge in [0.05, 0.1) is 51.1 Å². The van der Waals surface area contributed by atoms with Crippen LogP contribution < -0.4 is 0 Å². The van der Waals surface area contributed by atoms with Crippen molar-refractivity contribution in [1.82, 2.24) is 34.5 Å². The summed E-state index contributed by atoms with van der Waals surface area (Å²) in [6, 6.07) is 68.3. The molecule has 0 saturated heterocycles. The average molecular weight is 835 g/mol. The molecule has 306 valence electrons. The van der Waals surface area contributed by atoms with Crippen molar-refractivity contribution >= 4 is 21.8 Å². The zero-order chi connectivity index (χ0) is 43.9. The first kappa shape index (κ1) is 39.0. The Morgan fingerprint density at radius 3 is 1.38 bits per heavy atom. The normalized spacial score (nSPS) is 11.2. The van der Waals surface area contributed by atoms with Crippen LogP contribution in [0.5, 0.6) is 0 Å². The summed E-state index contributed by atoms with van der Waals surface area (Å²) in [6.45, 7) is 3.78. The number of rotatable bonds is 8. The van der Waals surface area contributed by atoms with Gasteiger partial charge in [-0.1, -0.05) is 140 Å². The van der Waals surface area contributed by atoms with E-state index in [0.29, 0.717) is 34.4 Å². The van der Waals surface area contributed by atoms with Crippen LogP contribution in [0.2, 0.25) is 0 Å². The predicted molar refractivity (Wildman–Crippen MR) is 260 cm³/mol. The molecule has 11 rings (SSSR count). The molecule has 0 radical (unpaired) electrons. The predicted octanol–water partition coefficient (Wildman–Crippen LogP) is 13.3. The fourth-order valence-corrected chi connectivity index (χ4v) is 8.71. The zero-order valence-corrected chi connectivity index (χ0v) is 35.6. The van der Waals surface area contributed by atoms with E-state index in [2.05, 4.69) is 119 Å². The lowest BCUT2D eigenvalue weighted by atomic mass is 9.93. The molecule has 8 heteroatoms. The van der Waals surface area contributed by atoms with E-state index < -0.39 is 0 Å². The highest BCUT2D eigenvalue weighted by atomic mass is 15.0. The van der Waals surface area contributed by atoms with Crippen LogP contribution in [0.3, 0.4) is 0 Å². The van der Waals surface area contributed by atoms with E-state index in [0.717, 1.165) is 89.2 Å². The molecule has 0 aliphatic heterocycles. The summed E-state index contributed by atoms with van der Waals surface area (Å²) in [7, 11) is 0. The van der Waals surface area contributed by atoms with Gasteiger partial charge in [-0.2, -0.15) is 5.26 Å². The second-order valence-electron chi connectivity index (χ2n) is 15.9. The second kappa shape index (κ2) is 16.4. The maximum absolute atomic E-state index is 10.9. The molecule has 0 bridgehead atoms. The van der Waals surface area contributed by atoms with Gasteiger partial charge in [0.2, 0.25) is 0 Å². The summed E-state index contributed by atoms with van der Waals surface area (Å²) in [5.41, 5.74) is 13.5. The van der Waals surface area contributed by atoms with Crippen molar-refractivity contribution in [1.29, 1.82) is 5.26 Å². The van der Waals surface area contributed by atoms with E-state index in [9.17, 15) is 5.26 Å². The van der Waals surface area contributed by atoms with Crippen molar-refractivity contribution in [2.75, 3.05) is 0 Å². The number of aryl methyl sites for hydroxylation is 2. The quantitative estimate of drug-likeness (QED) is 0.150. The molecular formula is C57H38N8. The third-order valence-corrected chi connectivity index (χ3v) is 11.6. The van der Waals surface area contributed by atoms with Crippen molar-refractivity contribution in [3.63, 3.8) is 0 Å². The number of nitrogens with zero attached hydrogens (tertiary/aromatic N) is 8. The largest absolute Gasteiger partial charge is 0.308 e. The minimum Gasteiger partial charge on any atom is -0.308 e. The van der Waals surface area contributed by atoms with Crippen molar-refractivity contribution in [2.45, 2.75) is 13.8 Å². The Hall–Kier alpha value is -8.93. The molecule has 11 aromatic rings. The Kier molecular flexibility index (Phi) is 9.83.